The second-order valence-corrected chi connectivity index (χ2v) is 9.00. The molecular formula is C23H26N4O2S. The second kappa shape index (κ2) is 8.52. The van der Waals surface area contributed by atoms with Crippen LogP contribution in [0.3, 0.4) is 0 Å². The first-order chi connectivity index (χ1) is 14.4. The summed E-state index contributed by atoms with van der Waals surface area (Å²) in [5.41, 5.74) is 3.45. The van der Waals surface area contributed by atoms with E-state index in [1.54, 1.807) is 4.90 Å². The number of thioether (sulfide) groups is 1. The van der Waals surface area contributed by atoms with Crippen molar-refractivity contribution in [3.8, 4) is 0 Å². The zero-order chi connectivity index (χ0) is 21.3. The lowest BCUT2D eigenvalue weighted by atomic mass is 10.2. The summed E-state index contributed by atoms with van der Waals surface area (Å²) >= 11 is 1.46. The molecule has 0 radical (unpaired) electrons. The Hall–Kier alpha value is -2.80. The molecular weight excluding hydrogens is 396 g/mol. The molecule has 30 heavy (non-hydrogen) atoms. The Morgan fingerprint density at radius 2 is 1.93 bits per heavy atom. The fourth-order valence-corrected chi connectivity index (χ4v) is 4.75. The van der Waals surface area contributed by atoms with Crippen molar-refractivity contribution in [1.82, 2.24) is 9.55 Å². The smallest absolute Gasteiger partial charge is 0.237 e. The highest BCUT2D eigenvalue weighted by Gasteiger charge is 2.29. The van der Waals surface area contributed by atoms with Crippen molar-refractivity contribution in [3.05, 3.63) is 48.5 Å². The number of fused-ring (bicyclic) bond motifs is 2. The van der Waals surface area contributed by atoms with E-state index in [1.165, 1.54) is 11.8 Å². The van der Waals surface area contributed by atoms with Crippen molar-refractivity contribution < 1.29 is 9.59 Å². The van der Waals surface area contributed by atoms with Gasteiger partial charge in [-0.05, 0) is 37.1 Å². The zero-order valence-electron chi connectivity index (χ0n) is 17.5. The Balaban J connectivity index is 1.60. The minimum Gasteiger partial charge on any atom is -0.324 e. The maximum absolute atomic E-state index is 13.3. The third-order valence-corrected chi connectivity index (χ3v) is 6.08. The summed E-state index contributed by atoms with van der Waals surface area (Å²) < 4.78 is 2.20. The van der Waals surface area contributed by atoms with E-state index in [1.807, 2.05) is 49.4 Å². The van der Waals surface area contributed by atoms with Crippen LogP contribution >= 0.6 is 11.8 Å². The van der Waals surface area contributed by atoms with E-state index in [0.717, 1.165) is 28.4 Å². The summed E-state index contributed by atoms with van der Waals surface area (Å²) in [5, 5.41) is 3.75. The van der Waals surface area contributed by atoms with Gasteiger partial charge in [0.2, 0.25) is 11.8 Å². The Morgan fingerprint density at radius 1 is 1.20 bits per heavy atom. The van der Waals surface area contributed by atoms with Gasteiger partial charge in [0.15, 0.2) is 5.16 Å². The predicted molar refractivity (Wildman–Crippen MR) is 122 cm³/mol. The Kier molecular flexibility index (Phi) is 5.81. The maximum atomic E-state index is 13.3. The lowest BCUT2D eigenvalue weighted by molar-refractivity contribution is -0.117. The number of hydrogen-bond acceptors (Lipinski definition) is 4. The first-order valence-corrected chi connectivity index (χ1v) is 11.2. The van der Waals surface area contributed by atoms with Crippen molar-refractivity contribution in [3.63, 3.8) is 0 Å². The van der Waals surface area contributed by atoms with Crippen LogP contribution in [0.1, 0.15) is 27.2 Å². The third-order valence-electron chi connectivity index (χ3n) is 5.12. The normalized spacial score (nSPS) is 16.5. The van der Waals surface area contributed by atoms with E-state index >= 15 is 0 Å². The van der Waals surface area contributed by atoms with Crippen molar-refractivity contribution in [2.24, 2.45) is 5.92 Å². The number of carbonyl (C=O) groups excluding carboxylic acids is 2. The van der Waals surface area contributed by atoms with Crippen LogP contribution in [0.25, 0.3) is 11.0 Å². The number of carbonyl (C=O) groups is 2. The van der Waals surface area contributed by atoms with Crippen LogP contribution in [0, 0.1) is 5.92 Å². The van der Waals surface area contributed by atoms with Gasteiger partial charge < -0.3 is 14.8 Å². The summed E-state index contributed by atoms with van der Waals surface area (Å²) in [4.78, 5) is 32.0. The molecule has 2 aromatic carbocycles. The molecule has 0 unspecified atom stereocenters. The van der Waals surface area contributed by atoms with Crippen LogP contribution in [0.4, 0.5) is 11.4 Å². The molecule has 2 amide bonds. The average Bonchev–Trinajstić information content (AvgIpc) is 2.97. The summed E-state index contributed by atoms with van der Waals surface area (Å²) in [6.45, 7) is 7.11. The molecule has 7 heteroatoms. The van der Waals surface area contributed by atoms with Crippen molar-refractivity contribution in [2.75, 3.05) is 16.0 Å². The van der Waals surface area contributed by atoms with Crippen molar-refractivity contribution in [1.29, 1.82) is 0 Å². The SMILES string of the molecule is CC(C)Cn1c(SCC(=O)N2c3ccccc3NC(=O)C[C@@H]2C)nc2ccccc21. The lowest BCUT2D eigenvalue weighted by Gasteiger charge is -2.27. The molecule has 2 heterocycles. The number of nitrogens with zero attached hydrogens (tertiary/aromatic N) is 3. The van der Waals surface area contributed by atoms with Gasteiger partial charge in [0.1, 0.15) is 0 Å². The van der Waals surface area contributed by atoms with E-state index in [-0.39, 0.29) is 30.0 Å². The van der Waals surface area contributed by atoms with Crippen LogP contribution in [0.2, 0.25) is 0 Å². The Morgan fingerprint density at radius 3 is 2.73 bits per heavy atom. The monoisotopic (exact) mass is 422 g/mol. The standard InChI is InChI=1S/C23H26N4O2S/c1-15(2)13-26-19-10-6-4-8-17(19)25-23(26)30-14-22(29)27-16(3)12-21(28)24-18-9-5-7-11-20(18)27/h4-11,15-16H,12-14H2,1-3H3,(H,24,28)/t16-/m0/s1. The molecule has 0 bridgehead atoms. The highest BCUT2D eigenvalue weighted by molar-refractivity contribution is 7.99. The molecule has 156 valence electrons. The molecule has 0 aliphatic carbocycles. The number of amides is 2. The van der Waals surface area contributed by atoms with Gasteiger partial charge >= 0.3 is 0 Å². The van der Waals surface area contributed by atoms with E-state index in [2.05, 4.69) is 29.8 Å². The highest BCUT2D eigenvalue weighted by Crippen LogP contribution is 2.33. The molecule has 4 rings (SSSR count). The quantitative estimate of drug-likeness (QED) is 0.613. The largest absolute Gasteiger partial charge is 0.324 e. The predicted octanol–water partition coefficient (Wildman–Crippen LogP) is 4.55. The molecule has 0 fully saturated rings. The molecule has 6 nitrogen and oxygen atoms in total. The van der Waals surface area contributed by atoms with Gasteiger partial charge in [0, 0.05) is 19.0 Å². The number of aromatic nitrogens is 2. The van der Waals surface area contributed by atoms with Crippen LogP contribution in [0.5, 0.6) is 0 Å². The van der Waals surface area contributed by atoms with Gasteiger partial charge in [0.25, 0.3) is 0 Å². The fraction of sp³-hybridized carbons (Fsp3) is 0.348. The van der Waals surface area contributed by atoms with Gasteiger partial charge in [-0.1, -0.05) is 49.9 Å². The Bertz CT molecular complexity index is 1090. The van der Waals surface area contributed by atoms with Crippen LogP contribution < -0.4 is 10.2 Å². The number of nitrogens with one attached hydrogen (secondary N) is 1. The van der Waals surface area contributed by atoms with Gasteiger partial charge in [-0.3, -0.25) is 9.59 Å². The molecule has 0 saturated carbocycles. The first kappa shape index (κ1) is 20.5. The van der Waals surface area contributed by atoms with Crippen LogP contribution in [-0.2, 0) is 16.1 Å². The first-order valence-electron chi connectivity index (χ1n) is 10.2. The van der Waals surface area contributed by atoms with Crippen molar-refractivity contribution in [2.45, 2.75) is 44.9 Å². The molecule has 1 atom stereocenters. The minimum absolute atomic E-state index is 0.0281. The average molecular weight is 423 g/mol. The van der Waals surface area contributed by atoms with Gasteiger partial charge in [0.05, 0.1) is 28.2 Å². The Labute approximate surface area is 180 Å². The summed E-state index contributed by atoms with van der Waals surface area (Å²) in [7, 11) is 0. The molecule has 0 saturated heterocycles. The molecule has 1 aromatic heterocycles. The van der Waals surface area contributed by atoms with Gasteiger partial charge in [-0.15, -0.1) is 0 Å². The topological polar surface area (TPSA) is 67.2 Å². The zero-order valence-corrected chi connectivity index (χ0v) is 18.3. The number of para-hydroxylation sites is 4. The maximum Gasteiger partial charge on any atom is 0.237 e. The van der Waals surface area contributed by atoms with E-state index in [0.29, 0.717) is 11.6 Å². The number of rotatable bonds is 5. The number of hydrogen-bond donors (Lipinski definition) is 1. The van der Waals surface area contributed by atoms with Crippen molar-refractivity contribution >= 4 is 46.0 Å². The molecule has 1 N–H and O–H groups in total. The van der Waals surface area contributed by atoms with Gasteiger partial charge in [-0.2, -0.15) is 0 Å². The minimum atomic E-state index is -0.212. The summed E-state index contributed by atoms with van der Waals surface area (Å²) in [5.74, 6) is 0.623. The van der Waals surface area contributed by atoms with Crippen LogP contribution in [0.15, 0.2) is 53.7 Å². The number of imidazole rings is 1. The fourth-order valence-electron chi connectivity index (χ4n) is 3.87. The lowest BCUT2D eigenvalue weighted by Crippen LogP contribution is -2.40. The van der Waals surface area contributed by atoms with E-state index < -0.39 is 0 Å². The second-order valence-electron chi connectivity index (χ2n) is 8.06. The summed E-state index contributed by atoms with van der Waals surface area (Å²) in [6.07, 6.45) is 0.275. The molecule has 1 aliphatic heterocycles. The summed E-state index contributed by atoms with van der Waals surface area (Å²) in [6, 6.07) is 15.3. The molecule has 1 aliphatic rings. The highest BCUT2D eigenvalue weighted by atomic mass is 32.2. The number of anilines is 2. The van der Waals surface area contributed by atoms with Gasteiger partial charge in [-0.25, -0.2) is 4.98 Å². The molecule has 3 aromatic rings. The molecule has 0 spiro atoms. The van der Waals surface area contributed by atoms with E-state index in [4.69, 9.17) is 4.98 Å². The third kappa shape index (κ3) is 4.07. The van der Waals surface area contributed by atoms with Crippen LogP contribution in [-0.4, -0.2) is 33.2 Å². The van der Waals surface area contributed by atoms with E-state index in [9.17, 15) is 9.59 Å². The number of benzene rings is 2.